The molecule has 0 spiro atoms. The molecule has 8 nitrogen and oxygen atoms in total. The fourth-order valence-electron chi connectivity index (χ4n) is 6.55. The standard InChI is InChI=1S/C41H47N3O5S2/c1-39(2,3)49-37(46)35(43-40(38(47)48,26-28-50-4)44-36(45)29-17-9-5-10-18-29)34-33(25-27-42-34)51-41(30-19-11-6-12-20-30,31-21-13-7-14-22-31)32-23-15-8-16-24-32/h5-24,33-35,42-43H,25-28H2,1-4H3,(H,44,45)(H,47,48). The Bertz CT molecular complexity index is 1640. The summed E-state index contributed by atoms with van der Waals surface area (Å²) < 4.78 is 5.32. The summed E-state index contributed by atoms with van der Waals surface area (Å²) in [6.07, 6.45) is 2.60. The Hall–Kier alpha value is -4.09. The van der Waals surface area contributed by atoms with Crippen LogP contribution in [0.4, 0.5) is 0 Å². The monoisotopic (exact) mass is 725 g/mol. The van der Waals surface area contributed by atoms with Crippen molar-refractivity contribution in [1.82, 2.24) is 16.0 Å². The molecule has 1 heterocycles. The number of carbonyl (C=O) groups is 3. The zero-order valence-corrected chi connectivity index (χ0v) is 31.1. The minimum Gasteiger partial charge on any atom is -0.478 e. The molecule has 51 heavy (non-hydrogen) atoms. The second-order valence-corrected chi connectivity index (χ2v) is 16.1. The Balaban J connectivity index is 1.62. The number of nitrogens with one attached hydrogen (secondary N) is 3. The van der Waals surface area contributed by atoms with Crippen molar-refractivity contribution in [2.75, 3.05) is 18.6 Å². The van der Waals surface area contributed by atoms with Gasteiger partial charge in [0.1, 0.15) is 11.6 Å². The van der Waals surface area contributed by atoms with Crippen molar-refractivity contribution in [3.05, 3.63) is 144 Å². The van der Waals surface area contributed by atoms with Crippen LogP contribution in [-0.4, -0.2) is 70.1 Å². The van der Waals surface area contributed by atoms with E-state index in [0.29, 0.717) is 24.3 Å². The number of hydrogen-bond acceptors (Lipinski definition) is 8. The quantitative estimate of drug-likeness (QED) is 0.0603. The molecule has 0 radical (unpaired) electrons. The average Bonchev–Trinajstić information content (AvgIpc) is 3.59. The number of amides is 1. The molecule has 4 N–H and O–H groups in total. The Morgan fingerprint density at radius 3 is 1.76 bits per heavy atom. The van der Waals surface area contributed by atoms with Crippen LogP contribution in [0.15, 0.2) is 121 Å². The molecule has 0 saturated carbocycles. The van der Waals surface area contributed by atoms with Gasteiger partial charge in [-0.25, -0.2) is 4.79 Å². The Morgan fingerprint density at radius 1 is 0.824 bits per heavy atom. The van der Waals surface area contributed by atoms with Crippen molar-refractivity contribution in [3.8, 4) is 0 Å². The predicted octanol–water partition coefficient (Wildman–Crippen LogP) is 6.71. The number of aliphatic carboxylic acids is 1. The molecular weight excluding hydrogens is 679 g/mol. The maximum Gasteiger partial charge on any atom is 0.344 e. The van der Waals surface area contributed by atoms with Crippen LogP contribution in [0.5, 0.6) is 0 Å². The van der Waals surface area contributed by atoms with Crippen molar-refractivity contribution < 1.29 is 24.2 Å². The van der Waals surface area contributed by atoms with Crippen LogP contribution < -0.4 is 16.0 Å². The largest absolute Gasteiger partial charge is 0.478 e. The number of carboxylic acid groups (broad SMARTS) is 1. The second kappa shape index (κ2) is 17.0. The van der Waals surface area contributed by atoms with E-state index < -0.39 is 45.9 Å². The highest BCUT2D eigenvalue weighted by Gasteiger charge is 2.51. The molecule has 4 aromatic carbocycles. The lowest BCUT2D eigenvalue weighted by atomic mass is 9.84. The van der Waals surface area contributed by atoms with E-state index in [-0.39, 0.29) is 11.7 Å². The summed E-state index contributed by atoms with van der Waals surface area (Å²) in [6, 6.07) is 37.8. The molecule has 0 aromatic heterocycles. The third-order valence-electron chi connectivity index (χ3n) is 8.91. The first-order valence-electron chi connectivity index (χ1n) is 17.2. The van der Waals surface area contributed by atoms with E-state index in [0.717, 1.165) is 16.7 Å². The summed E-state index contributed by atoms with van der Waals surface area (Å²) in [4.78, 5) is 41.3. The van der Waals surface area contributed by atoms with Crippen LogP contribution in [0.25, 0.3) is 0 Å². The van der Waals surface area contributed by atoms with Crippen LogP contribution in [0.2, 0.25) is 0 Å². The molecule has 1 aliphatic rings. The molecule has 1 fully saturated rings. The molecule has 5 rings (SSSR count). The van der Waals surface area contributed by atoms with Gasteiger partial charge in [0.25, 0.3) is 5.91 Å². The fraction of sp³-hybridized carbons (Fsp3) is 0.341. The topological polar surface area (TPSA) is 117 Å². The normalized spacial score (nSPS) is 18.0. The lowest BCUT2D eigenvalue weighted by molar-refractivity contribution is -0.160. The summed E-state index contributed by atoms with van der Waals surface area (Å²) in [6.45, 7) is 5.96. The van der Waals surface area contributed by atoms with Crippen LogP contribution in [0.1, 0.15) is 60.7 Å². The van der Waals surface area contributed by atoms with Crippen LogP contribution in [-0.2, 0) is 19.1 Å². The fourth-order valence-corrected chi connectivity index (χ4v) is 8.96. The van der Waals surface area contributed by atoms with Crippen molar-refractivity contribution in [2.24, 2.45) is 0 Å². The van der Waals surface area contributed by atoms with E-state index in [2.05, 4.69) is 52.3 Å². The minimum absolute atomic E-state index is 0.0217. The highest BCUT2D eigenvalue weighted by atomic mass is 32.2. The van der Waals surface area contributed by atoms with Gasteiger partial charge in [-0.3, -0.25) is 14.9 Å². The lowest BCUT2D eigenvalue weighted by Crippen LogP contribution is -2.71. The van der Waals surface area contributed by atoms with Crippen molar-refractivity contribution in [3.63, 3.8) is 0 Å². The maximum absolute atomic E-state index is 14.4. The van der Waals surface area contributed by atoms with E-state index in [1.54, 1.807) is 62.9 Å². The maximum atomic E-state index is 14.4. The molecule has 4 atom stereocenters. The van der Waals surface area contributed by atoms with Gasteiger partial charge in [0.2, 0.25) is 0 Å². The number of carboxylic acids is 1. The zero-order valence-electron chi connectivity index (χ0n) is 29.5. The van der Waals surface area contributed by atoms with E-state index in [4.69, 9.17) is 4.74 Å². The van der Waals surface area contributed by atoms with E-state index in [9.17, 15) is 19.5 Å². The van der Waals surface area contributed by atoms with Crippen molar-refractivity contribution >= 4 is 41.4 Å². The number of hydrogen-bond donors (Lipinski definition) is 4. The lowest BCUT2D eigenvalue weighted by Gasteiger charge is -2.42. The number of ether oxygens (including phenoxy) is 1. The number of carbonyl (C=O) groups excluding carboxylic acids is 2. The first-order valence-corrected chi connectivity index (χ1v) is 19.4. The molecule has 4 aromatic rings. The van der Waals surface area contributed by atoms with E-state index in [1.807, 2.05) is 60.9 Å². The molecule has 1 saturated heterocycles. The summed E-state index contributed by atoms with van der Waals surface area (Å²) in [5.41, 5.74) is 0.721. The Kier molecular flexibility index (Phi) is 12.7. The SMILES string of the molecule is CSCCC(NC(=O)c1ccccc1)(NC(C(=O)OC(C)(C)C)C1NCCC1SC(c1ccccc1)(c1ccccc1)c1ccccc1)C(=O)O. The number of thioether (sulfide) groups is 2. The molecule has 4 unspecified atom stereocenters. The summed E-state index contributed by atoms with van der Waals surface area (Å²) >= 11 is 3.20. The molecule has 0 aliphatic carbocycles. The van der Waals surface area contributed by atoms with Crippen LogP contribution in [0.3, 0.4) is 0 Å². The van der Waals surface area contributed by atoms with Gasteiger partial charge in [-0.05, 0) is 74.6 Å². The summed E-state index contributed by atoms with van der Waals surface area (Å²) in [7, 11) is 0. The zero-order chi connectivity index (χ0) is 36.5. The van der Waals surface area contributed by atoms with Gasteiger partial charge < -0.3 is 20.5 Å². The molecule has 0 bridgehead atoms. The average molecular weight is 726 g/mol. The molecule has 1 aliphatic heterocycles. The van der Waals surface area contributed by atoms with Crippen molar-refractivity contribution in [2.45, 2.75) is 67.0 Å². The first kappa shape index (κ1) is 38.1. The molecule has 1 amide bonds. The van der Waals surface area contributed by atoms with Gasteiger partial charge in [-0.1, -0.05) is 109 Å². The number of rotatable bonds is 15. The van der Waals surface area contributed by atoms with E-state index in [1.165, 1.54) is 11.8 Å². The Labute approximate surface area is 309 Å². The van der Waals surface area contributed by atoms with Gasteiger partial charge in [0, 0.05) is 23.3 Å². The molecule has 268 valence electrons. The smallest absolute Gasteiger partial charge is 0.344 e. The third-order valence-corrected chi connectivity index (χ3v) is 11.4. The highest BCUT2D eigenvalue weighted by molar-refractivity contribution is 8.01. The van der Waals surface area contributed by atoms with Gasteiger partial charge >= 0.3 is 11.9 Å². The van der Waals surface area contributed by atoms with Crippen molar-refractivity contribution in [1.29, 1.82) is 0 Å². The van der Waals surface area contributed by atoms with Crippen LogP contribution in [0, 0.1) is 0 Å². The van der Waals surface area contributed by atoms with Gasteiger partial charge in [0.05, 0.1) is 4.75 Å². The van der Waals surface area contributed by atoms with E-state index >= 15 is 0 Å². The van der Waals surface area contributed by atoms with Gasteiger partial charge in [-0.2, -0.15) is 11.8 Å². The predicted molar refractivity (Wildman–Crippen MR) is 207 cm³/mol. The number of benzene rings is 4. The minimum atomic E-state index is -1.98. The highest BCUT2D eigenvalue weighted by Crippen LogP contribution is 2.52. The number of esters is 1. The van der Waals surface area contributed by atoms with Gasteiger partial charge in [-0.15, -0.1) is 11.8 Å². The molecule has 10 heteroatoms. The summed E-state index contributed by atoms with van der Waals surface area (Å²) in [5.74, 6) is -2.04. The second-order valence-electron chi connectivity index (χ2n) is 13.6. The van der Waals surface area contributed by atoms with Crippen LogP contribution >= 0.6 is 23.5 Å². The van der Waals surface area contributed by atoms with Gasteiger partial charge in [0.15, 0.2) is 5.66 Å². The third kappa shape index (κ3) is 9.05. The molecular formula is C41H47N3O5S2. The Morgan fingerprint density at radius 2 is 1.31 bits per heavy atom. The first-order chi connectivity index (χ1) is 24.5. The summed E-state index contributed by atoms with van der Waals surface area (Å²) in [5, 5.41) is 20.2.